The molecule has 1 N–H and O–H groups in total. The number of hydrogen-bond acceptors (Lipinski definition) is 3. The first-order valence-corrected chi connectivity index (χ1v) is 5.80. The lowest BCUT2D eigenvalue weighted by Crippen LogP contribution is -2.15. The van der Waals surface area contributed by atoms with Crippen LogP contribution in [0.5, 0.6) is 0 Å². The number of halogens is 2. The van der Waals surface area contributed by atoms with Crippen molar-refractivity contribution >= 4 is 27.3 Å². The van der Waals surface area contributed by atoms with Crippen LogP contribution in [0.15, 0.2) is 18.2 Å². The van der Waals surface area contributed by atoms with Crippen molar-refractivity contribution in [3.8, 4) is 6.07 Å². The van der Waals surface area contributed by atoms with Crippen LogP contribution in [0.3, 0.4) is 0 Å². The summed E-state index contributed by atoms with van der Waals surface area (Å²) in [5, 5.41) is 8.17. The molecule has 0 aromatic heterocycles. The Bertz CT molecular complexity index is 510. The zero-order valence-corrected chi connectivity index (χ0v) is 8.94. The molecule has 0 aliphatic heterocycles. The van der Waals surface area contributed by atoms with E-state index >= 15 is 0 Å². The second-order valence-corrected chi connectivity index (χ2v) is 4.77. The van der Waals surface area contributed by atoms with Gasteiger partial charge in [0.1, 0.15) is 5.82 Å². The molecule has 0 unspecified atom stereocenters. The van der Waals surface area contributed by atoms with E-state index in [9.17, 15) is 12.8 Å². The fraction of sp³-hybridized carbons (Fsp3) is 0.125. The Morgan fingerprint density at radius 2 is 2.20 bits per heavy atom. The molecule has 80 valence electrons. The van der Waals surface area contributed by atoms with Crippen molar-refractivity contribution in [2.24, 2.45) is 0 Å². The summed E-state index contributed by atoms with van der Waals surface area (Å²) in [7, 11) is -3.74. The summed E-state index contributed by atoms with van der Waals surface area (Å²) in [6, 6.07) is 4.72. The summed E-state index contributed by atoms with van der Waals surface area (Å²) in [5.74, 6) is -1.25. The van der Waals surface area contributed by atoms with Gasteiger partial charge in [-0.05, 0) is 18.2 Å². The van der Waals surface area contributed by atoms with Gasteiger partial charge < -0.3 is 0 Å². The third kappa shape index (κ3) is 3.38. The Balaban J connectivity index is 2.96. The van der Waals surface area contributed by atoms with Gasteiger partial charge in [-0.1, -0.05) is 11.6 Å². The topological polar surface area (TPSA) is 70.0 Å². The molecule has 0 fully saturated rings. The zero-order valence-electron chi connectivity index (χ0n) is 7.37. The summed E-state index contributed by atoms with van der Waals surface area (Å²) in [4.78, 5) is 0. The normalized spacial score (nSPS) is 10.7. The molecule has 0 atom stereocenters. The molecule has 4 nitrogen and oxygen atoms in total. The molecule has 0 heterocycles. The van der Waals surface area contributed by atoms with Gasteiger partial charge in [0.15, 0.2) is 5.75 Å². The molecule has 7 heteroatoms. The van der Waals surface area contributed by atoms with Crippen LogP contribution in [0.1, 0.15) is 0 Å². The van der Waals surface area contributed by atoms with E-state index in [1.807, 2.05) is 0 Å². The summed E-state index contributed by atoms with van der Waals surface area (Å²) in [6.45, 7) is 0. The molecule has 0 aliphatic carbocycles. The molecule has 0 spiro atoms. The van der Waals surface area contributed by atoms with Gasteiger partial charge in [-0.15, -0.1) is 0 Å². The molecule has 0 bridgehead atoms. The van der Waals surface area contributed by atoms with E-state index < -0.39 is 21.6 Å². The summed E-state index contributed by atoms with van der Waals surface area (Å²) < 4.78 is 37.0. The fourth-order valence-corrected chi connectivity index (χ4v) is 1.89. The van der Waals surface area contributed by atoms with Crippen molar-refractivity contribution in [2.45, 2.75) is 0 Å². The van der Waals surface area contributed by atoms with Crippen molar-refractivity contribution < 1.29 is 12.8 Å². The largest absolute Gasteiger partial charge is 0.281 e. The second-order valence-electron chi connectivity index (χ2n) is 2.64. The third-order valence-corrected chi connectivity index (χ3v) is 2.80. The fourth-order valence-electron chi connectivity index (χ4n) is 0.861. The van der Waals surface area contributed by atoms with Crippen molar-refractivity contribution in [3.05, 3.63) is 29.0 Å². The maximum atomic E-state index is 12.6. The smallest absolute Gasteiger partial charge is 0.246 e. The molecule has 0 aliphatic rings. The summed E-state index contributed by atoms with van der Waals surface area (Å²) in [5.41, 5.74) is 0.0494. The predicted molar refractivity (Wildman–Crippen MR) is 54.4 cm³/mol. The molecule has 0 radical (unpaired) electrons. The van der Waals surface area contributed by atoms with Crippen LogP contribution in [0.2, 0.25) is 5.02 Å². The van der Waals surface area contributed by atoms with Crippen LogP contribution < -0.4 is 4.72 Å². The van der Waals surface area contributed by atoms with Crippen LogP contribution in [-0.2, 0) is 10.0 Å². The van der Waals surface area contributed by atoms with Crippen LogP contribution in [0, 0.1) is 17.1 Å². The van der Waals surface area contributed by atoms with E-state index in [0.717, 1.165) is 12.1 Å². The first-order chi connectivity index (χ1) is 6.94. The molecule has 15 heavy (non-hydrogen) atoms. The van der Waals surface area contributed by atoms with Crippen molar-refractivity contribution in [1.82, 2.24) is 0 Å². The third-order valence-electron chi connectivity index (χ3n) is 1.45. The monoisotopic (exact) mass is 248 g/mol. The standard InChI is InChI=1S/C8H6ClFN2O2S/c9-7-5-6(10)1-2-8(7)12-15(13,14)4-3-11/h1-2,5,12H,4H2. The van der Waals surface area contributed by atoms with Crippen LogP contribution >= 0.6 is 11.6 Å². The number of benzene rings is 1. The second kappa shape index (κ2) is 4.47. The maximum Gasteiger partial charge on any atom is 0.246 e. The minimum absolute atomic E-state index is 0.0494. The summed E-state index contributed by atoms with van der Waals surface area (Å²) in [6.07, 6.45) is 0. The van der Waals surface area contributed by atoms with Gasteiger partial charge >= 0.3 is 0 Å². The van der Waals surface area contributed by atoms with Crippen molar-refractivity contribution in [3.63, 3.8) is 0 Å². The number of nitrogens with zero attached hydrogens (tertiary/aromatic N) is 1. The van der Waals surface area contributed by atoms with E-state index in [1.54, 1.807) is 0 Å². The molecular weight excluding hydrogens is 243 g/mol. The minimum Gasteiger partial charge on any atom is -0.281 e. The van der Waals surface area contributed by atoms with E-state index in [4.69, 9.17) is 16.9 Å². The van der Waals surface area contributed by atoms with E-state index in [0.29, 0.717) is 0 Å². The number of hydrogen-bond donors (Lipinski definition) is 1. The van der Waals surface area contributed by atoms with E-state index in [-0.39, 0.29) is 10.7 Å². The van der Waals surface area contributed by atoms with Gasteiger partial charge in [-0.25, -0.2) is 12.8 Å². The van der Waals surface area contributed by atoms with Crippen LogP contribution in [0.25, 0.3) is 0 Å². The Labute approximate surface area is 91.3 Å². The number of anilines is 1. The van der Waals surface area contributed by atoms with Crippen molar-refractivity contribution in [2.75, 3.05) is 10.5 Å². The Hall–Kier alpha value is -1.32. The van der Waals surface area contributed by atoms with Gasteiger partial charge in [0.05, 0.1) is 16.8 Å². The average molecular weight is 249 g/mol. The Morgan fingerprint density at radius 1 is 1.53 bits per heavy atom. The molecule has 1 rings (SSSR count). The SMILES string of the molecule is N#CCS(=O)(=O)Nc1ccc(F)cc1Cl. The van der Waals surface area contributed by atoms with Gasteiger partial charge in [0.25, 0.3) is 0 Å². The summed E-state index contributed by atoms with van der Waals surface area (Å²) >= 11 is 5.59. The Morgan fingerprint density at radius 3 is 2.73 bits per heavy atom. The molecule has 0 saturated heterocycles. The highest BCUT2D eigenvalue weighted by Crippen LogP contribution is 2.23. The number of rotatable bonds is 3. The molecule has 0 amide bonds. The maximum absolute atomic E-state index is 12.6. The zero-order chi connectivity index (χ0) is 11.5. The predicted octanol–water partition coefficient (Wildman–Crippen LogP) is 1.74. The van der Waals surface area contributed by atoms with Crippen LogP contribution in [0.4, 0.5) is 10.1 Å². The Kier molecular flexibility index (Phi) is 3.50. The minimum atomic E-state index is -3.74. The van der Waals surface area contributed by atoms with Gasteiger partial charge in [0, 0.05) is 0 Å². The molecule has 1 aromatic carbocycles. The van der Waals surface area contributed by atoms with Gasteiger partial charge in [-0.3, -0.25) is 4.72 Å². The highest BCUT2D eigenvalue weighted by Gasteiger charge is 2.11. The number of sulfonamides is 1. The van der Waals surface area contributed by atoms with E-state index in [1.165, 1.54) is 12.1 Å². The van der Waals surface area contributed by atoms with Crippen LogP contribution in [-0.4, -0.2) is 14.2 Å². The molecular formula is C8H6ClFN2O2S. The highest BCUT2D eigenvalue weighted by molar-refractivity contribution is 7.92. The first-order valence-electron chi connectivity index (χ1n) is 3.77. The quantitative estimate of drug-likeness (QED) is 0.886. The molecule has 1 aromatic rings. The lowest BCUT2D eigenvalue weighted by Gasteiger charge is -2.06. The highest BCUT2D eigenvalue weighted by atomic mass is 35.5. The van der Waals surface area contributed by atoms with Crippen molar-refractivity contribution in [1.29, 1.82) is 5.26 Å². The number of nitriles is 1. The molecule has 0 saturated carbocycles. The van der Waals surface area contributed by atoms with Gasteiger partial charge in [0.2, 0.25) is 10.0 Å². The first kappa shape index (κ1) is 11.8. The van der Waals surface area contributed by atoms with E-state index in [2.05, 4.69) is 4.72 Å². The number of nitrogens with one attached hydrogen (secondary N) is 1. The lowest BCUT2D eigenvalue weighted by atomic mass is 10.3. The lowest BCUT2D eigenvalue weighted by molar-refractivity contribution is 0.604. The average Bonchev–Trinajstić information content (AvgIpc) is 2.09. The van der Waals surface area contributed by atoms with Gasteiger partial charge in [-0.2, -0.15) is 5.26 Å².